The van der Waals surface area contributed by atoms with E-state index in [4.69, 9.17) is 18.9 Å². The van der Waals surface area contributed by atoms with Crippen molar-refractivity contribution in [2.24, 2.45) is 10.4 Å². The van der Waals surface area contributed by atoms with Gasteiger partial charge >= 0.3 is 5.97 Å². The maximum Gasteiger partial charge on any atom is 0.363 e. The fourth-order valence-electron chi connectivity index (χ4n) is 2.07. The molecule has 1 aromatic carbocycles. The molecule has 124 valence electrons. The van der Waals surface area contributed by atoms with Gasteiger partial charge in [0, 0.05) is 5.41 Å². The van der Waals surface area contributed by atoms with E-state index in [0.717, 1.165) is 0 Å². The number of hydrogen-bond acceptors (Lipinski definition) is 6. The molecule has 0 fully saturated rings. The van der Waals surface area contributed by atoms with Gasteiger partial charge in [0.05, 0.1) is 21.3 Å². The summed E-state index contributed by atoms with van der Waals surface area (Å²) in [5.41, 5.74) is 0.607. The van der Waals surface area contributed by atoms with Crippen molar-refractivity contribution in [3.8, 4) is 17.2 Å². The van der Waals surface area contributed by atoms with Crippen LogP contribution in [0.4, 0.5) is 0 Å². The van der Waals surface area contributed by atoms with Crippen molar-refractivity contribution >= 4 is 17.9 Å². The van der Waals surface area contributed by atoms with Crippen LogP contribution in [0.25, 0.3) is 6.08 Å². The fourth-order valence-corrected chi connectivity index (χ4v) is 2.07. The molecule has 23 heavy (non-hydrogen) atoms. The maximum absolute atomic E-state index is 12.0. The van der Waals surface area contributed by atoms with Crippen LogP contribution < -0.4 is 14.2 Å². The molecular weight excluding hydrogens is 298 g/mol. The summed E-state index contributed by atoms with van der Waals surface area (Å²) in [6.07, 6.45) is 1.63. The second-order valence-corrected chi connectivity index (χ2v) is 6.04. The molecule has 0 bridgehead atoms. The number of aliphatic imine (C=N–C) groups is 1. The average Bonchev–Trinajstić information content (AvgIpc) is 2.87. The Hall–Kier alpha value is -2.50. The predicted octanol–water partition coefficient (Wildman–Crippen LogP) is 3.05. The summed E-state index contributed by atoms with van der Waals surface area (Å²) in [6.45, 7) is 5.80. The molecule has 0 unspecified atom stereocenters. The largest absolute Gasteiger partial charge is 0.493 e. The third kappa shape index (κ3) is 3.47. The zero-order valence-corrected chi connectivity index (χ0v) is 14.2. The first-order valence-electron chi connectivity index (χ1n) is 7.13. The van der Waals surface area contributed by atoms with Gasteiger partial charge in [-0.25, -0.2) is 9.79 Å². The zero-order chi connectivity index (χ0) is 17.2. The van der Waals surface area contributed by atoms with Crippen LogP contribution in [0.2, 0.25) is 0 Å². The lowest BCUT2D eigenvalue weighted by atomic mass is 9.97. The minimum Gasteiger partial charge on any atom is -0.493 e. The normalized spacial score (nSPS) is 16.2. The lowest BCUT2D eigenvalue weighted by Crippen LogP contribution is -2.21. The number of carbonyl (C=O) groups is 1. The molecular formula is C17H21NO5. The molecule has 2 rings (SSSR count). The molecule has 0 aromatic heterocycles. The Bertz CT molecular complexity index is 658. The van der Waals surface area contributed by atoms with E-state index in [0.29, 0.717) is 28.7 Å². The minimum atomic E-state index is -0.469. The Morgan fingerprint density at radius 1 is 1.04 bits per heavy atom. The molecule has 0 aliphatic carbocycles. The quantitative estimate of drug-likeness (QED) is 0.630. The van der Waals surface area contributed by atoms with Crippen molar-refractivity contribution in [2.45, 2.75) is 20.8 Å². The molecule has 6 nitrogen and oxygen atoms in total. The van der Waals surface area contributed by atoms with Crippen LogP contribution in [0.15, 0.2) is 22.8 Å². The Kier molecular flexibility index (Phi) is 4.63. The molecule has 1 aliphatic rings. The first-order valence-corrected chi connectivity index (χ1v) is 7.13. The second kappa shape index (κ2) is 6.32. The molecule has 1 aromatic rings. The molecule has 0 saturated heterocycles. The van der Waals surface area contributed by atoms with Crippen molar-refractivity contribution in [1.82, 2.24) is 0 Å². The monoisotopic (exact) mass is 319 g/mol. The highest BCUT2D eigenvalue weighted by molar-refractivity contribution is 6.08. The van der Waals surface area contributed by atoms with Gasteiger partial charge in [0.2, 0.25) is 11.6 Å². The maximum atomic E-state index is 12.0. The number of cyclic esters (lactones) is 1. The van der Waals surface area contributed by atoms with Crippen LogP contribution >= 0.6 is 0 Å². The van der Waals surface area contributed by atoms with Gasteiger partial charge in [-0.3, -0.25) is 0 Å². The smallest absolute Gasteiger partial charge is 0.363 e. The summed E-state index contributed by atoms with van der Waals surface area (Å²) in [5, 5.41) is 0. The molecule has 0 radical (unpaired) electrons. The average molecular weight is 319 g/mol. The van der Waals surface area contributed by atoms with Crippen molar-refractivity contribution in [3.05, 3.63) is 23.4 Å². The van der Waals surface area contributed by atoms with Gasteiger partial charge in [0.25, 0.3) is 0 Å². The number of hydrogen-bond donors (Lipinski definition) is 0. The summed E-state index contributed by atoms with van der Waals surface area (Å²) in [7, 11) is 4.61. The number of benzene rings is 1. The highest BCUT2D eigenvalue weighted by Gasteiger charge is 2.31. The van der Waals surface area contributed by atoms with Crippen LogP contribution in [-0.4, -0.2) is 33.2 Å². The number of esters is 1. The van der Waals surface area contributed by atoms with Crippen molar-refractivity contribution in [1.29, 1.82) is 0 Å². The van der Waals surface area contributed by atoms with Crippen molar-refractivity contribution < 1.29 is 23.7 Å². The van der Waals surface area contributed by atoms with E-state index in [1.165, 1.54) is 21.3 Å². The zero-order valence-electron chi connectivity index (χ0n) is 14.2. The Balaban J connectivity index is 2.47. The van der Waals surface area contributed by atoms with Crippen LogP contribution in [0.5, 0.6) is 17.2 Å². The first kappa shape index (κ1) is 16.9. The van der Waals surface area contributed by atoms with E-state index in [1.807, 2.05) is 20.8 Å². The SMILES string of the molecule is COc1cc(C=C2N=C(C(C)(C)C)OC2=O)cc(OC)c1OC. The number of methoxy groups -OCH3 is 3. The number of rotatable bonds is 4. The van der Waals surface area contributed by atoms with Gasteiger partial charge in [-0.15, -0.1) is 0 Å². The highest BCUT2D eigenvalue weighted by atomic mass is 16.6. The Morgan fingerprint density at radius 3 is 2.00 bits per heavy atom. The van der Waals surface area contributed by atoms with Gasteiger partial charge in [-0.05, 0) is 23.8 Å². The van der Waals surface area contributed by atoms with Gasteiger partial charge < -0.3 is 18.9 Å². The van der Waals surface area contributed by atoms with Gasteiger partial charge in [-0.1, -0.05) is 20.8 Å². The molecule has 0 amide bonds. The van der Waals surface area contributed by atoms with E-state index < -0.39 is 5.97 Å². The first-order chi connectivity index (χ1) is 10.8. The molecule has 0 spiro atoms. The summed E-state index contributed by atoms with van der Waals surface area (Å²) < 4.78 is 21.1. The van der Waals surface area contributed by atoms with E-state index in [9.17, 15) is 4.79 Å². The molecule has 0 saturated carbocycles. The Morgan fingerprint density at radius 2 is 1.61 bits per heavy atom. The lowest BCUT2D eigenvalue weighted by Gasteiger charge is -2.15. The van der Waals surface area contributed by atoms with Gasteiger partial charge in [-0.2, -0.15) is 0 Å². The van der Waals surface area contributed by atoms with Crippen LogP contribution in [0, 0.1) is 5.41 Å². The molecule has 0 N–H and O–H groups in total. The van der Waals surface area contributed by atoms with Crippen LogP contribution in [0.3, 0.4) is 0 Å². The Labute approximate surface area is 135 Å². The lowest BCUT2D eigenvalue weighted by molar-refractivity contribution is -0.130. The van der Waals surface area contributed by atoms with E-state index in [-0.39, 0.29) is 11.1 Å². The van der Waals surface area contributed by atoms with Crippen molar-refractivity contribution in [2.75, 3.05) is 21.3 Å². The summed E-state index contributed by atoms with van der Waals surface area (Å²) in [5.74, 6) is 1.44. The van der Waals surface area contributed by atoms with E-state index >= 15 is 0 Å². The van der Waals surface area contributed by atoms with Gasteiger partial charge in [0.1, 0.15) is 0 Å². The van der Waals surface area contributed by atoms with Crippen LogP contribution in [0.1, 0.15) is 26.3 Å². The minimum absolute atomic E-state index is 0.240. The standard InChI is InChI=1S/C17H21NO5/c1-17(2,3)16-18-11(15(19)23-16)7-10-8-12(20-4)14(22-6)13(9-10)21-5/h7-9H,1-6H3. The number of carbonyl (C=O) groups excluding carboxylic acids is 1. The number of nitrogens with zero attached hydrogens (tertiary/aromatic N) is 1. The molecule has 1 heterocycles. The molecule has 6 heteroatoms. The third-order valence-corrected chi connectivity index (χ3v) is 3.25. The summed E-state index contributed by atoms with van der Waals surface area (Å²) in [4.78, 5) is 16.3. The topological polar surface area (TPSA) is 66.4 Å². The van der Waals surface area contributed by atoms with Crippen molar-refractivity contribution in [3.63, 3.8) is 0 Å². The highest BCUT2D eigenvalue weighted by Crippen LogP contribution is 2.39. The molecule has 0 atom stereocenters. The van der Waals surface area contributed by atoms with Gasteiger partial charge in [0.15, 0.2) is 17.2 Å². The molecule has 1 aliphatic heterocycles. The predicted molar refractivity (Wildman–Crippen MR) is 87.1 cm³/mol. The second-order valence-electron chi connectivity index (χ2n) is 6.04. The van der Waals surface area contributed by atoms with E-state index in [2.05, 4.69) is 4.99 Å². The summed E-state index contributed by atoms with van der Waals surface area (Å²) >= 11 is 0. The fraction of sp³-hybridized carbons (Fsp3) is 0.412. The van der Waals surface area contributed by atoms with E-state index in [1.54, 1.807) is 18.2 Å². The number of ether oxygens (including phenoxy) is 4. The summed E-state index contributed by atoms with van der Waals surface area (Å²) in [6, 6.07) is 3.48. The van der Waals surface area contributed by atoms with Crippen LogP contribution in [-0.2, 0) is 9.53 Å². The third-order valence-electron chi connectivity index (χ3n) is 3.25.